The van der Waals surface area contributed by atoms with Crippen LogP contribution in [0.5, 0.6) is 6.01 Å². The van der Waals surface area contributed by atoms with Crippen LogP contribution in [-0.2, 0) is 0 Å². The molecule has 1 aromatic rings. The van der Waals surface area contributed by atoms with E-state index >= 15 is 0 Å². The lowest BCUT2D eigenvalue weighted by molar-refractivity contribution is 0.0695. The van der Waals surface area contributed by atoms with Gasteiger partial charge in [-0.1, -0.05) is 13.8 Å². The van der Waals surface area contributed by atoms with Gasteiger partial charge in [0.15, 0.2) is 0 Å². The molecular weight excluding hydrogens is 184 g/mol. The van der Waals surface area contributed by atoms with Gasteiger partial charge in [0.2, 0.25) is 0 Å². The number of hydrogen-bond acceptors (Lipinski definition) is 4. The van der Waals surface area contributed by atoms with E-state index in [0.29, 0.717) is 12.5 Å². The predicted molar refractivity (Wildman–Crippen MR) is 49.3 cm³/mol. The highest BCUT2D eigenvalue weighted by Gasteiger charge is 2.05. The molecule has 0 aliphatic heterocycles. The molecule has 0 bridgehead atoms. The maximum atomic E-state index is 10.5. The first-order chi connectivity index (χ1) is 6.59. The number of carbonyl (C=O) groups is 1. The fraction of sp³-hybridized carbons (Fsp3) is 0.444. The van der Waals surface area contributed by atoms with E-state index in [4.69, 9.17) is 9.84 Å². The molecule has 0 aliphatic rings. The van der Waals surface area contributed by atoms with Crippen LogP contribution in [0.1, 0.15) is 24.2 Å². The minimum atomic E-state index is -1.04. The van der Waals surface area contributed by atoms with E-state index < -0.39 is 5.97 Å². The molecule has 14 heavy (non-hydrogen) atoms. The quantitative estimate of drug-likeness (QED) is 0.783. The van der Waals surface area contributed by atoms with Gasteiger partial charge < -0.3 is 9.84 Å². The second-order valence-electron chi connectivity index (χ2n) is 3.26. The van der Waals surface area contributed by atoms with Crippen LogP contribution >= 0.6 is 0 Å². The summed E-state index contributed by atoms with van der Waals surface area (Å²) in [6.45, 7) is 4.53. The van der Waals surface area contributed by atoms with Crippen molar-refractivity contribution in [2.75, 3.05) is 6.61 Å². The summed E-state index contributed by atoms with van der Waals surface area (Å²) in [7, 11) is 0. The molecule has 5 nitrogen and oxygen atoms in total. The Labute approximate surface area is 81.8 Å². The summed E-state index contributed by atoms with van der Waals surface area (Å²) in [6, 6.07) is 0.212. The number of nitrogens with zero attached hydrogens (tertiary/aromatic N) is 2. The minimum absolute atomic E-state index is 0.0573. The Hall–Kier alpha value is -1.65. The van der Waals surface area contributed by atoms with Gasteiger partial charge in [0.25, 0.3) is 0 Å². The number of carboxylic acid groups (broad SMARTS) is 1. The second-order valence-corrected chi connectivity index (χ2v) is 3.26. The van der Waals surface area contributed by atoms with Crippen molar-refractivity contribution in [3.63, 3.8) is 0 Å². The third kappa shape index (κ3) is 3.01. The first kappa shape index (κ1) is 10.4. The van der Waals surface area contributed by atoms with Gasteiger partial charge in [-0.05, 0) is 5.92 Å². The predicted octanol–water partition coefficient (Wildman–Crippen LogP) is 1.21. The highest BCUT2D eigenvalue weighted by molar-refractivity contribution is 5.86. The zero-order valence-electron chi connectivity index (χ0n) is 8.10. The monoisotopic (exact) mass is 196 g/mol. The normalized spacial score (nSPS) is 10.2. The Morgan fingerprint density at radius 3 is 2.50 bits per heavy atom. The molecule has 1 heterocycles. The van der Waals surface area contributed by atoms with Crippen molar-refractivity contribution >= 4 is 5.97 Å². The Kier molecular flexibility index (Phi) is 3.39. The highest BCUT2D eigenvalue weighted by Crippen LogP contribution is 2.04. The topological polar surface area (TPSA) is 72.3 Å². The van der Waals surface area contributed by atoms with Crippen molar-refractivity contribution in [3.8, 4) is 6.01 Å². The van der Waals surface area contributed by atoms with E-state index in [0.717, 1.165) is 0 Å². The lowest BCUT2D eigenvalue weighted by Crippen LogP contribution is -2.07. The Morgan fingerprint density at radius 2 is 2.07 bits per heavy atom. The van der Waals surface area contributed by atoms with Crippen molar-refractivity contribution in [1.82, 2.24) is 9.97 Å². The van der Waals surface area contributed by atoms with Gasteiger partial charge in [-0.3, -0.25) is 0 Å². The Morgan fingerprint density at radius 1 is 1.50 bits per heavy atom. The largest absolute Gasteiger partial charge is 0.478 e. The molecule has 0 saturated heterocycles. The molecule has 1 N–H and O–H groups in total. The summed E-state index contributed by atoms with van der Waals surface area (Å²) in [5, 5.41) is 8.57. The third-order valence-corrected chi connectivity index (χ3v) is 1.42. The van der Waals surface area contributed by atoms with Crippen LogP contribution < -0.4 is 4.74 Å². The minimum Gasteiger partial charge on any atom is -0.478 e. The molecule has 0 fully saturated rings. The Balaban J connectivity index is 2.60. The molecule has 0 atom stereocenters. The molecular formula is C9H12N2O3. The molecule has 76 valence electrons. The van der Waals surface area contributed by atoms with Gasteiger partial charge in [-0.15, -0.1) is 0 Å². The van der Waals surface area contributed by atoms with Crippen LogP contribution in [-0.4, -0.2) is 27.7 Å². The van der Waals surface area contributed by atoms with Crippen LogP contribution in [0.25, 0.3) is 0 Å². The summed E-state index contributed by atoms with van der Waals surface area (Å²) >= 11 is 0. The van der Waals surface area contributed by atoms with E-state index in [1.165, 1.54) is 12.4 Å². The zero-order chi connectivity index (χ0) is 10.6. The summed E-state index contributed by atoms with van der Waals surface area (Å²) in [4.78, 5) is 18.0. The van der Waals surface area contributed by atoms with E-state index in [1.807, 2.05) is 13.8 Å². The summed E-state index contributed by atoms with van der Waals surface area (Å²) in [5.41, 5.74) is 0.0573. The van der Waals surface area contributed by atoms with Gasteiger partial charge in [-0.2, -0.15) is 0 Å². The van der Waals surface area contributed by atoms with Gasteiger partial charge in [-0.25, -0.2) is 14.8 Å². The standard InChI is InChI=1S/C9H12N2O3/c1-6(2)5-14-9-10-3-7(4-11-9)8(12)13/h3-4,6H,5H2,1-2H3,(H,12,13). The summed E-state index contributed by atoms with van der Waals surface area (Å²) in [6.07, 6.45) is 2.45. The van der Waals surface area contributed by atoms with Gasteiger partial charge in [0.05, 0.1) is 12.2 Å². The summed E-state index contributed by atoms with van der Waals surface area (Å²) in [5.74, 6) is -0.654. The van der Waals surface area contributed by atoms with E-state index in [1.54, 1.807) is 0 Å². The first-order valence-corrected chi connectivity index (χ1v) is 4.27. The molecule has 0 spiro atoms. The molecule has 5 heteroatoms. The average molecular weight is 196 g/mol. The highest BCUT2D eigenvalue weighted by atomic mass is 16.5. The number of ether oxygens (including phenoxy) is 1. The molecule has 1 aromatic heterocycles. The van der Waals surface area contributed by atoms with Crippen LogP contribution in [0, 0.1) is 5.92 Å². The maximum absolute atomic E-state index is 10.5. The molecule has 1 rings (SSSR count). The van der Waals surface area contributed by atoms with E-state index in [-0.39, 0.29) is 11.6 Å². The second kappa shape index (κ2) is 4.55. The lowest BCUT2D eigenvalue weighted by Gasteiger charge is -2.05. The zero-order valence-corrected chi connectivity index (χ0v) is 8.10. The number of hydrogen-bond donors (Lipinski definition) is 1. The van der Waals surface area contributed by atoms with Gasteiger partial charge >= 0.3 is 12.0 Å². The Bertz CT molecular complexity index is 308. The lowest BCUT2D eigenvalue weighted by atomic mass is 10.2. The molecule has 0 aromatic carbocycles. The van der Waals surface area contributed by atoms with E-state index in [9.17, 15) is 4.79 Å². The molecule has 0 saturated carbocycles. The maximum Gasteiger partial charge on any atom is 0.338 e. The van der Waals surface area contributed by atoms with Crippen molar-refractivity contribution < 1.29 is 14.6 Å². The number of aromatic carboxylic acids is 1. The van der Waals surface area contributed by atoms with Gasteiger partial charge in [0.1, 0.15) is 0 Å². The van der Waals surface area contributed by atoms with E-state index in [2.05, 4.69) is 9.97 Å². The average Bonchev–Trinajstić information content (AvgIpc) is 2.15. The fourth-order valence-electron chi connectivity index (χ4n) is 0.742. The van der Waals surface area contributed by atoms with Crippen LogP contribution in [0.15, 0.2) is 12.4 Å². The van der Waals surface area contributed by atoms with Crippen LogP contribution in [0.2, 0.25) is 0 Å². The molecule has 0 unspecified atom stereocenters. The molecule has 0 amide bonds. The number of rotatable bonds is 4. The SMILES string of the molecule is CC(C)COc1ncc(C(=O)O)cn1. The van der Waals surface area contributed by atoms with Crippen molar-refractivity contribution in [1.29, 1.82) is 0 Å². The first-order valence-electron chi connectivity index (χ1n) is 4.27. The van der Waals surface area contributed by atoms with Crippen LogP contribution in [0.4, 0.5) is 0 Å². The smallest absolute Gasteiger partial charge is 0.338 e. The number of aromatic nitrogens is 2. The molecule has 0 radical (unpaired) electrons. The van der Waals surface area contributed by atoms with Crippen molar-refractivity contribution in [3.05, 3.63) is 18.0 Å². The summed E-state index contributed by atoms with van der Waals surface area (Å²) < 4.78 is 5.19. The fourth-order valence-corrected chi connectivity index (χ4v) is 0.742. The van der Waals surface area contributed by atoms with Crippen molar-refractivity contribution in [2.45, 2.75) is 13.8 Å². The van der Waals surface area contributed by atoms with Crippen LogP contribution in [0.3, 0.4) is 0 Å². The van der Waals surface area contributed by atoms with Gasteiger partial charge in [0, 0.05) is 12.4 Å². The molecule has 0 aliphatic carbocycles. The number of carboxylic acids is 1. The van der Waals surface area contributed by atoms with Crippen molar-refractivity contribution in [2.24, 2.45) is 5.92 Å². The third-order valence-electron chi connectivity index (χ3n) is 1.42.